The Morgan fingerprint density at radius 3 is 1.94 bits per heavy atom. The summed E-state index contributed by atoms with van der Waals surface area (Å²) in [5, 5.41) is 8.05. The van der Waals surface area contributed by atoms with Crippen molar-refractivity contribution in [3.8, 4) is 39.8 Å². The van der Waals surface area contributed by atoms with Crippen LogP contribution in [0.25, 0.3) is 58.8 Å². The van der Waals surface area contributed by atoms with Gasteiger partial charge in [0.2, 0.25) is 0 Å². The number of fused-ring (bicyclic) bond motifs is 11. The van der Waals surface area contributed by atoms with Crippen molar-refractivity contribution in [2.75, 3.05) is 0 Å². The van der Waals surface area contributed by atoms with E-state index in [0.29, 0.717) is 0 Å². The molecule has 1 unspecified atom stereocenters. The van der Waals surface area contributed by atoms with Gasteiger partial charge in [0.05, 0.1) is 22.4 Å². The molecule has 226 valence electrons. The number of thiophene rings is 1. The lowest BCUT2D eigenvalue weighted by Gasteiger charge is -2.37. The average Bonchev–Trinajstić information content (AvgIpc) is 3.68. The minimum absolute atomic E-state index is 0.789. The second-order valence-corrected chi connectivity index (χ2v) is 17.8. The smallest absolute Gasteiger partial charge is 0.145 e. The topological polar surface area (TPSA) is 23.4 Å². The van der Waals surface area contributed by atoms with Crippen molar-refractivity contribution < 1.29 is 9.47 Å². The minimum Gasteiger partial charge on any atom is -0.456 e. The lowest BCUT2D eigenvalue weighted by atomic mass is 10.0. The molecule has 4 heterocycles. The van der Waals surface area contributed by atoms with E-state index < -0.39 is 6.04 Å². The van der Waals surface area contributed by atoms with E-state index in [9.17, 15) is 0 Å². The molecule has 0 aliphatic carbocycles. The summed E-state index contributed by atoms with van der Waals surface area (Å²) in [6, 6.07) is 49.2. The van der Waals surface area contributed by atoms with E-state index in [4.69, 9.17) is 21.3 Å². The summed E-state index contributed by atoms with van der Waals surface area (Å²) >= 11 is 8.67. The third-order valence-corrected chi connectivity index (χ3v) is 15.9. The van der Waals surface area contributed by atoms with Crippen LogP contribution in [0.3, 0.4) is 0 Å². The van der Waals surface area contributed by atoms with Crippen LogP contribution >= 0.6 is 17.4 Å². The van der Waals surface area contributed by atoms with E-state index >= 15 is 0 Å². The van der Waals surface area contributed by atoms with Crippen molar-refractivity contribution in [2.45, 2.75) is 0 Å². The molecule has 6 heteroatoms. The van der Waals surface area contributed by atoms with Crippen molar-refractivity contribution in [3.63, 3.8) is 0 Å². The lowest BCUT2D eigenvalue weighted by molar-refractivity contribution is 0.469. The first-order valence-electron chi connectivity index (χ1n) is 15.9. The van der Waals surface area contributed by atoms with E-state index in [1.165, 1.54) is 36.6 Å². The zero-order chi connectivity index (χ0) is 31.6. The van der Waals surface area contributed by atoms with Gasteiger partial charge in [-0.25, -0.2) is 0 Å². The van der Waals surface area contributed by atoms with Gasteiger partial charge in [-0.05, 0) is 77.9 Å². The molecule has 0 amide bonds. The van der Waals surface area contributed by atoms with Crippen LogP contribution in [0.15, 0.2) is 146 Å². The Morgan fingerprint density at radius 1 is 0.521 bits per heavy atom. The fourth-order valence-corrected chi connectivity index (χ4v) is 13.3. The molecule has 2 aromatic heterocycles. The largest absolute Gasteiger partial charge is 0.456 e. The van der Waals surface area contributed by atoms with Crippen molar-refractivity contribution in [3.05, 3.63) is 146 Å². The Kier molecular flexibility index (Phi) is 5.41. The fraction of sp³-hybridized carbons (Fsp3) is 0. The minimum atomic E-state index is -2.49. The molecular formula is C42H24NO2PS2. The maximum Gasteiger partial charge on any atom is 0.145 e. The van der Waals surface area contributed by atoms with Crippen LogP contribution in [0.2, 0.25) is 0 Å². The number of rotatable bonds is 2. The van der Waals surface area contributed by atoms with Crippen LogP contribution in [0, 0.1) is 0 Å². The third-order valence-electron chi connectivity index (χ3n) is 9.84. The van der Waals surface area contributed by atoms with Crippen LogP contribution in [0.5, 0.6) is 23.0 Å². The molecule has 11 rings (SSSR count). The van der Waals surface area contributed by atoms with Crippen LogP contribution in [-0.2, 0) is 11.8 Å². The average molecular weight is 670 g/mol. The monoisotopic (exact) mass is 669 g/mol. The number of para-hydroxylation sites is 3. The second-order valence-electron chi connectivity index (χ2n) is 12.4. The summed E-state index contributed by atoms with van der Waals surface area (Å²) in [5.41, 5.74) is 5.63. The summed E-state index contributed by atoms with van der Waals surface area (Å²) in [4.78, 5) is 0. The van der Waals surface area contributed by atoms with Gasteiger partial charge in [0.25, 0.3) is 0 Å². The van der Waals surface area contributed by atoms with Crippen LogP contribution in [-0.4, -0.2) is 4.57 Å². The van der Waals surface area contributed by atoms with Gasteiger partial charge < -0.3 is 14.0 Å². The highest BCUT2D eigenvalue weighted by Gasteiger charge is 2.43. The van der Waals surface area contributed by atoms with Crippen molar-refractivity contribution in [1.82, 2.24) is 4.57 Å². The van der Waals surface area contributed by atoms with Gasteiger partial charge in [-0.3, -0.25) is 0 Å². The van der Waals surface area contributed by atoms with Crippen LogP contribution in [0.4, 0.5) is 0 Å². The number of ether oxygens (including phenoxy) is 2. The number of hydrogen-bond donors (Lipinski definition) is 0. The molecule has 48 heavy (non-hydrogen) atoms. The molecule has 1 atom stereocenters. The molecule has 0 fully saturated rings. The highest BCUT2D eigenvalue weighted by Crippen LogP contribution is 2.60. The first-order chi connectivity index (χ1) is 23.7. The molecule has 0 bridgehead atoms. The SMILES string of the molecule is S=P12c3ccccc3Oc3cc(-c4ccc(-n5c6ccccc6c6ccccc65)cc4)cc(c31)Oc1c2ccc2sc3ccccc3c12. The van der Waals surface area contributed by atoms with Crippen molar-refractivity contribution >= 4 is 87.1 Å². The standard InChI is InChI=1S/C42H24NO2PS2/c47-46-36-15-7-6-14-33(36)44-34-23-26(24-35(42(34)46)45-41-37(46)21-22-39-40(41)30-11-3-8-16-38(30)48-39)25-17-19-27(20-18-25)43-31-12-4-1-9-28(31)29-10-2-5-13-32(29)43/h1-24H. The number of nitrogens with zero attached hydrogens (tertiary/aromatic N) is 1. The molecule has 0 N–H and O–H groups in total. The second kappa shape index (κ2) is 9.68. The van der Waals surface area contributed by atoms with E-state index in [1.807, 2.05) is 12.1 Å². The van der Waals surface area contributed by atoms with Gasteiger partial charge in [-0.15, -0.1) is 11.3 Å². The number of aromatic nitrogens is 1. The molecule has 2 aliphatic heterocycles. The van der Waals surface area contributed by atoms with Gasteiger partial charge in [-0.2, -0.15) is 0 Å². The molecule has 0 radical (unpaired) electrons. The molecule has 2 aliphatic rings. The Balaban J connectivity index is 1.11. The Bertz CT molecular complexity index is 2830. The molecule has 3 nitrogen and oxygen atoms in total. The quantitative estimate of drug-likeness (QED) is 0.171. The normalized spacial score (nSPS) is 16.0. The summed E-state index contributed by atoms with van der Waals surface area (Å²) in [5.74, 6) is 3.31. The third kappa shape index (κ3) is 3.51. The molecular weight excluding hydrogens is 646 g/mol. The predicted molar refractivity (Wildman–Crippen MR) is 205 cm³/mol. The lowest BCUT2D eigenvalue weighted by Crippen LogP contribution is -2.35. The van der Waals surface area contributed by atoms with Crippen molar-refractivity contribution in [1.29, 1.82) is 0 Å². The van der Waals surface area contributed by atoms with Crippen LogP contribution in [0.1, 0.15) is 0 Å². The van der Waals surface area contributed by atoms with Crippen LogP contribution < -0.4 is 25.4 Å². The summed E-state index contributed by atoms with van der Waals surface area (Å²) in [7, 11) is 0. The zero-order valence-corrected chi connectivity index (χ0v) is 27.9. The Labute approximate surface area is 285 Å². The Hall–Kier alpha value is -5.19. The van der Waals surface area contributed by atoms with Gasteiger partial charge in [0, 0.05) is 47.2 Å². The molecule has 9 aromatic rings. The zero-order valence-electron chi connectivity index (χ0n) is 25.4. The highest BCUT2D eigenvalue weighted by molar-refractivity contribution is 8.26. The molecule has 0 saturated carbocycles. The maximum absolute atomic E-state index is 7.01. The first-order valence-corrected chi connectivity index (χ1v) is 19.6. The van der Waals surface area contributed by atoms with E-state index in [2.05, 4.69) is 138 Å². The molecule has 7 aromatic carbocycles. The number of benzene rings is 7. The van der Waals surface area contributed by atoms with Crippen molar-refractivity contribution in [2.24, 2.45) is 0 Å². The first kappa shape index (κ1) is 26.8. The Morgan fingerprint density at radius 2 is 1.17 bits per heavy atom. The summed E-state index contributed by atoms with van der Waals surface area (Å²) in [6.07, 6.45) is 0. The summed E-state index contributed by atoms with van der Waals surface area (Å²) < 4.78 is 18.5. The van der Waals surface area contributed by atoms with E-state index in [0.717, 1.165) is 61.1 Å². The number of hydrogen-bond acceptors (Lipinski definition) is 4. The van der Waals surface area contributed by atoms with E-state index in [-0.39, 0.29) is 0 Å². The maximum atomic E-state index is 7.01. The van der Waals surface area contributed by atoms with Gasteiger partial charge in [0.15, 0.2) is 0 Å². The molecule has 0 spiro atoms. The predicted octanol–water partition coefficient (Wildman–Crippen LogP) is 10.8. The fourth-order valence-electron chi connectivity index (χ4n) is 7.75. The van der Waals surface area contributed by atoms with Gasteiger partial charge in [0.1, 0.15) is 23.0 Å². The summed E-state index contributed by atoms with van der Waals surface area (Å²) in [6.45, 7) is 0. The highest BCUT2D eigenvalue weighted by atomic mass is 32.4. The van der Waals surface area contributed by atoms with Gasteiger partial charge in [-0.1, -0.05) is 90.7 Å². The molecule has 0 saturated heterocycles. The van der Waals surface area contributed by atoms with Gasteiger partial charge >= 0.3 is 0 Å². The van der Waals surface area contributed by atoms with E-state index in [1.54, 1.807) is 11.3 Å².